The summed E-state index contributed by atoms with van der Waals surface area (Å²) in [6.07, 6.45) is 4.11. The first-order chi connectivity index (χ1) is 9.01. The molecular weight excluding hydrogens is 232 g/mol. The number of nitrogens with zero attached hydrogens (tertiary/aromatic N) is 1. The van der Waals surface area contributed by atoms with Gasteiger partial charge in [0.1, 0.15) is 0 Å². The number of hydrogen-bond acceptors (Lipinski definition) is 2. The van der Waals surface area contributed by atoms with Crippen LogP contribution in [-0.4, -0.2) is 24.5 Å². The Morgan fingerprint density at radius 1 is 1.21 bits per heavy atom. The van der Waals surface area contributed by atoms with Crippen molar-refractivity contribution in [1.82, 2.24) is 4.90 Å². The fraction of sp³-hybridized carbons (Fsp3) is 0.647. The minimum atomic E-state index is 0.192. The molecule has 0 aromatic heterocycles. The third-order valence-corrected chi connectivity index (χ3v) is 4.06. The van der Waals surface area contributed by atoms with Crippen LogP contribution in [0.2, 0.25) is 0 Å². The topological polar surface area (TPSA) is 29.3 Å². The van der Waals surface area contributed by atoms with E-state index in [4.69, 9.17) is 5.73 Å². The van der Waals surface area contributed by atoms with Crippen molar-refractivity contribution in [2.45, 2.75) is 45.4 Å². The van der Waals surface area contributed by atoms with E-state index in [1.807, 2.05) is 12.1 Å². The van der Waals surface area contributed by atoms with Gasteiger partial charge < -0.3 is 10.6 Å². The Bertz CT molecular complexity index is 390. The average molecular weight is 260 g/mol. The second kappa shape index (κ2) is 5.96. The molecule has 0 bridgehead atoms. The monoisotopic (exact) mass is 260 g/mol. The Morgan fingerprint density at radius 2 is 1.84 bits per heavy atom. The highest BCUT2D eigenvalue weighted by Crippen LogP contribution is 2.32. The molecule has 1 aliphatic carbocycles. The smallest absolute Gasteiger partial charge is 0.0314 e. The number of nitrogens with two attached hydrogens (primary N) is 1. The molecule has 1 aliphatic rings. The van der Waals surface area contributed by atoms with Crippen LogP contribution in [0.1, 0.15) is 45.6 Å². The minimum absolute atomic E-state index is 0.192. The van der Waals surface area contributed by atoms with Crippen LogP contribution >= 0.6 is 0 Å². The molecule has 0 radical (unpaired) electrons. The van der Waals surface area contributed by atoms with E-state index in [0.29, 0.717) is 0 Å². The normalized spacial score (nSPS) is 16.0. The Labute approximate surface area is 118 Å². The zero-order chi connectivity index (χ0) is 13.9. The summed E-state index contributed by atoms with van der Waals surface area (Å²) in [6.45, 7) is 10.6. The fourth-order valence-corrected chi connectivity index (χ4v) is 2.80. The van der Waals surface area contributed by atoms with Gasteiger partial charge in [-0.05, 0) is 49.4 Å². The molecule has 1 aromatic carbocycles. The molecule has 2 rings (SSSR count). The molecule has 0 atom stereocenters. The molecular formula is C17H28N2. The second-order valence-electron chi connectivity index (χ2n) is 6.68. The van der Waals surface area contributed by atoms with Crippen molar-refractivity contribution in [3.8, 4) is 0 Å². The predicted molar refractivity (Wildman–Crippen MR) is 83.3 cm³/mol. The van der Waals surface area contributed by atoms with Crippen molar-refractivity contribution in [3.05, 3.63) is 29.8 Å². The summed E-state index contributed by atoms with van der Waals surface area (Å²) in [5.41, 5.74) is 8.21. The summed E-state index contributed by atoms with van der Waals surface area (Å²) in [4.78, 5) is 2.65. The van der Waals surface area contributed by atoms with Gasteiger partial charge in [-0.2, -0.15) is 0 Å². The summed E-state index contributed by atoms with van der Waals surface area (Å²) in [5, 5.41) is 0. The van der Waals surface area contributed by atoms with Gasteiger partial charge in [0.05, 0.1) is 0 Å². The quantitative estimate of drug-likeness (QED) is 0.758. The highest BCUT2D eigenvalue weighted by Gasteiger charge is 2.28. The summed E-state index contributed by atoms with van der Waals surface area (Å²) < 4.78 is 0. The van der Waals surface area contributed by atoms with Crippen molar-refractivity contribution < 1.29 is 0 Å². The summed E-state index contributed by atoms with van der Waals surface area (Å²) in [5.74, 6) is 0.966. The lowest BCUT2D eigenvalue weighted by atomic mass is 9.84. The molecule has 2 N–H and O–H groups in total. The van der Waals surface area contributed by atoms with Crippen molar-refractivity contribution >= 4 is 5.69 Å². The second-order valence-corrected chi connectivity index (χ2v) is 6.68. The molecule has 1 fully saturated rings. The first kappa shape index (κ1) is 14.4. The molecule has 0 spiro atoms. The predicted octanol–water partition coefficient (Wildman–Crippen LogP) is 3.67. The van der Waals surface area contributed by atoms with E-state index in [1.165, 1.54) is 37.9 Å². The van der Waals surface area contributed by atoms with Gasteiger partial charge in [0, 0.05) is 24.2 Å². The third kappa shape index (κ3) is 4.24. The van der Waals surface area contributed by atoms with E-state index in [2.05, 4.69) is 37.8 Å². The Hall–Kier alpha value is -1.02. The van der Waals surface area contributed by atoms with Crippen LogP contribution in [-0.2, 0) is 5.41 Å². The highest BCUT2D eigenvalue weighted by molar-refractivity contribution is 5.41. The zero-order valence-electron chi connectivity index (χ0n) is 12.7. The largest absolute Gasteiger partial charge is 0.399 e. The third-order valence-electron chi connectivity index (χ3n) is 4.06. The van der Waals surface area contributed by atoms with E-state index in [9.17, 15) is 0 Å². The van der Waals surface area contributed by atoms with E-state index in [0.717, 1.165) is 18.2 Å². The fourth-order valence-electron chi connectivity index (χ4n) is 2.80. The Morgan fingerprint density at radius 3 is 2.37 bits per heavy atom. The Balaban J connectivity index is 2.01. The maximum atomic E-state index is 5.78. The van der Waals surface area contributed by atoms with Crippen molar-refractivity contribution in [1.29, 1.82) is 0 Å². The van der Waals surface area contributed by atoms with E-state index in [1.54, 1.807) is 0 Å². The van der Waals surface area contributed by atoms with E-state index >= 15 is 0 Å². The number of rotatable bonds is 7. The molecule has 0 saturated heterocycles. The van der Waals surface area contributed by atoms with Crippen LogP contribution in [0.4, 0.5) is 5.69 Å². The van der Waals surface area contributed by atoms with Crippen LogP contribution in [0.15, 0.2) is 24.3 Å². The highest BCUT2D eigenvalue weighted by atomic mass is 15.1. The lowest BCUT2D eigenvalue weighted by Crippen LogP contribution is -2.38. The maximum Gasteiger partial charge on any atom is 0.0314 e. The van der Waals surface area contributed by atoms with Gasteiger partial charge in [-0.25, -0.2) is 0 Å². The van der Waals surface area contributed by atoms with Gasteiger partial charge in [-0.3, -0.25) is 0 Å². The summed E-state index contributed by atoms with van der Waals surface area (Å²) in [6, 6.07) is 8.39. The molecule has 0 unspecified atom stereocenters. The van der Waals surface area contributed by atoms with E-state index < -0.39 is 0 Å². The lowest BCUT2D eigenvalue weighted by Gasteiger charge is -2.33. The van der Waals surface area contributed by atoms with Gasteiger partial charge in [-0.15, -0.1) is 0 Å². The lowest BCUT2D eigenvalue weighted by molar-refractivity contribution is 0.215. The molecule has 19 heavy (non-hydrogen) atoms. The van der Waals surface area contributed by atoms with Crippen LogP contribution in [0.25, 0.3) is 0 Å². The van der Waals surface area contributed by atoms with Crippen LogP contribution < -0.4 is 5.73 Å². The van der Waals surface area contributed by atoms with Crippen molar-refractivity contribution in [2.24, 2.45) is 5.92 Å². The van der Waals surface area contributed by atoms with Crippen LogP contribution in [0.3, 0.4) is 0 Å². The van der Waals surface area contributed by atoms with Gasteiger partial charge in [0.2, 0.25) is 0 Å². The van der Waals surface area contributed by atoms with Gasteiger partial charge in [0.25, 0.3) is 0 Å². The van der Waals surface area contributed by atoms with Crippen LogP contribution in [0, 0.1) is 5.92 Å². The zero-order valence-corrected chi connectivity index (χ0v) is 12.7. The van der Waals surface area contributed by atoms with Gasteiger partial charge in [-0.1, -0.05) is 32.9 Å². The molecule has 0 amide bonds. The summed E-state index contributed by atoms with van der Waals surface area (Å²) in [7, 11) is 0. The van der Waals surface area contributed by atoms with Crippen LogP contribution in [0.5, 0.6) is 0 Å². The van der Waals surface area contributed by atoms with Gasteiger partial charge >= 0.3 is 0 Å². The summed E-state index contributed by atoms with van der Waals surface area (Å²) >= 11 is 0. The molecule has 106 valence electrons. The van der Waals surface area contributed by atoms with Crippen molar-refractivity contribution in [2.75, 3.05) is 25.4 Å². The Kier molecular flexibility index (Phi) is 4.51. The molecule has 2 nitrogen and oxygen atoms in total. The van der Waals surface area contributed by atoms with E-state index in [-0.39, 0.29) is 5.41 Å². The first-order valence-corrected chi connectivity index (χ1v) is 7.59. The molecule has 1 saturated carbocycles. The number of benzene rings is 1. The number of nitrogen functional groups attached to an aromatic ring is 1. The SMILES string of the molecule is CCCN(CC1CC1)CC(C)(C)c1ccc(N)cc1. The molecule has 1 aromatic rings. The number of hydrogen-bond donors (Lipinski definition) is 1. The molecule has 0 heterocycles. The first-order valence-electron chi connectivity index (χ1n) is 7.59. The van der Waals surface area contributed by atoms with Gasteiger partial charge in [0.15, 0.2) is 0 Å². The van der Waals surface area contributed by atoms with Crippen molar-refractivity contribution in [3.63, 3.8) is 0 Å². The standard InChI is InChI=1S/C17H28N2/c1-4-11-19(12-14-5-6-14)13-17(2,3)15-7-9-16(18)10-8-15/h7-10,14H,4-6,11-13,18H2,1-3H3. The minimum Gasteiger partial charge on any atom is -0.399 e. The molecule has 2 heteroatoms. The average Bonchev–Trinajstić information content (AvgIpc) is 3.13. The maximum absolute atomic E-state index is 5.78. The molecule has 0 aliphatic heterocycles. The number of anilines is 1.